The fourth-order valence-electron chi connectivity index (χ4n) is 1.84. The van der Waals surface area contributed by atoms with Gasteiger partial charge in [-0.2, -0.15) is 5.10 Å². The van der Waals surface area contributed by atoms with Gasteiger partial charge in [-0.3, -0.25) is 4.68 Å². The molecule has 0 radical (unpaired) electrons. The van der Waals surface area contributed by atoms with Gasteiger partial charge in [0, 0.05) is 19.3 Å². The first-order chi connectivity index (χ1) is 8.69. The van der Waals surface area contributed by atoms with Crippen molar-refractivity contribution in [3.63, 3.8) is 0 Å². The number of methoxy groups -OCH3 is 1. The number of nitrogens with zero attached hydrogens (tertiary/aromatic N) is 4. The molecule has 6 nitrogen and oxygen atoms in total. The zero-order chi connectivity index (χ0) is 13.1. The van der Waals surface area contributed by atoms with Crippen LogP contribution >= 0.6 is 0 Å². The number of rotatable bonds is 4. The van der Waals surface area contributed by atoms with Crippen LogP contribution in [0.15, 0.2) is 18.6 Å². The Labute approximate surface area is 106 Å². The zero-order valence-corrected chi connectivity index (χ0v) is 11.0. The highest BCUT2D eigenvalue weighted by molar-refractivity contribution is 5.70. The lowest BCUT2D eigenvalue weighted by Crippen LogP contribution is -2.07. The van der Waals surface area contributed by atoms with E-state index in [2.05, 4.69) is 34.2 Å². The highest BCUT2D eigenvalue weighted by Crippen LogP contribution is 2.33. The number of ether oxygens (including phenoxy) is 1. The summed E-state index contributed by atoms with van der Waals surface area (Å²) >= 11 is 0. The lowest BCUT2D eigenvalue weighted by atomic mass is 10.2. The first kappa shape index (κ1) is 12.3. The van der Waals surface area contributed by atoms with Gasteiger partial charge in [0.05, 0.1) is 12.8 Å². The molecule has 18 heavy (non-hydrogen) atoms. The van der Waals surface area contributed by atoms with E-state index in [-0.39, 0.29) is 6.04 Å². The number of anilines is 1. The summed E-state index contributed by atoms with van der Waals surface area (Å²) in [5, 5.41) is 7.30. The Balaban J connectivity index is 2.60. The molecule has 0 aliphatic rings. The van der Waals surface area contributed by atoms with Crippen LogP contribution in [0, 0.1) is 0 Å². The second-order valence-electron chi connectivity index (χ2n) is 4.11. The van der Waals surface area contributed by atoms with Crippen molar-refractivity contribution in [3.05, 3.63) is 18.6 Å². The van der Waals surface area contributed by atoms with E-state index < -0.39 is 0 Å². The molecule has 2 aromatic heterocycles. The maximum absolute atomic E-state index is 5.40. The van der Waals surface area contributed by atoms with E-state index in [9.17, 15) is 0 Å². The molecule has 0 atom stereocenters. The molecule has 0 aliphatic heterocycles. The SMILES string of the molecule is CNc1ncnc(-c2ccnn2C(C)C)c1OC. The van der Waals surface area contributed by atoms with Gasteiger partial charge in [-0.15, -0.1) is 0 Å². The van der Waals surface area contributed by atoms with E-state index in [1.54, 1.807) is 20.4 Å². The Morgan fingerprint density at radius 3 is 2.72 bits per heavy atom. The summed E-state index contributed by atoms with van der Waals surface area (Å²) in [5.41, 5.74) is 1.66. The maximum Gasteiger partial charge on any atom is 0.189 e. The Kier molecular flexibility index (Phi) is 3.45. The first-order valence-corrected chi connectivity index (χ1v) is 5.79. The van der Waals surface area contributed by atoms with E-state index in [1.807, 2.05) is 10.7 Å². The van der Waals surface area contributed by atoms with Crippen molar-refractivity contribution in [2.45, 2.75) is 19.9 Å². The largest absolute Gasteiger partial charge is 0.491 e. The molecule has 0 spiro atoms. The molecule has 1 N–H and O–H groups in total. The topological polar surface area (TPSA) is 64.9 Å². The van der Waals surface area contributed by atoms with Crippen molar-refractivity contribution < 1.29 is 4.74 Å². The summed E-state index contributed by atoms with van der Waals surface area (Å²) in [6.07, 6.45) is 3.28. The molecule has 2 rings (SSSR count). The van der Waals surface area contributed by atoms with Crippen LogP contribution in [0.5, 0.6) is 5.75 Å². The van der Waals surface area contributed by atoms with E-state index in [0.717, 1.165) is 11.4 Å². The molecule has 2 aromatic rings. The Hall–Kier alpha value is -2.11. The minimum absolute atomic E-state index is 0.257. The lowest BCUT2D eigenvalue weighted by Gasteiger charge is -2.14. The minimum atomic E-state index is 0.257. The van der Waals surface area contributed by atoms with Gasteiger partial charge in [0.15, 0.2) is 11.6 Å². The van der Waals surface area contributed by atoms with Crippen molar-refractivity contribution in [1.29, 1.82) is 0 Å². The Morgan fingerprint density at radius 1 is 1.33 bits per heavy atom. The lowest BCUT2D eigenvalue weighted by molar-refractivity contribution is 0.413. The molecule has 96 valence electrons. The highest BCUT2D eigenvalue weighted by Gasteiger charge is 2.17. The average Bonchev–Trinajstić information content (AvgIpc) is 2.86. The maximum atomic E-state index is 5.40. The molecular formula is C12H17N5O. The normalized spacial score (nSPS) is 10.7. The zero-order valence-electron chi connectivity index (χ0n) is 11.0. The molecule has 0 saturated heterocycles. The van der Waals surface area contributed by atoms with Crippen molar-refractivity contribution in [2.75, 3.05) is 19.5 Å². The van der Waals surface area contributed by atoms with Crippen molar-refractivity contribution in [1.82, 2.24) is 19.7 Å². The summed E-state index contributed by atoms with van der Waals surface area (Å²) in [6.45, 7) is 4.15. The van der Waals surface area contributed by atoms with Gasteiger partial charge in [-0.1, -0.05) is 0 Å². The summed E-state index contributed by atoms with van der Waals surface area (Å²) in [6, 6.07) is 2.18. The van der Waals surface area contributed by atoms with Gasteiger partial charge < -0.3 is 10.1 Å². The summed E-state index contributed by atoms with van der Waals surface area (Å²) in [5.74, 6) is 1.29. The minimum Gasteiger partial charge on any atom is -0.491 e. The van der Waals surface area contributed by atoms with Gasteiger partial charge >= 0.3 is 0 Å². The molecule has 0 aromatic carbocycles. The van der Waals surface area contributed by atoms with Gasteiger partial charge in [-0.25, -0.2) is 9.97 Å². The number of aromatic nitrogens is 4. The van der Waals surface area contributed by atoms with Crippen LogP contribution in [0.3, 0.4) is 0 Å². The number of nitrogens with one attached hydrogen (secondary N) is 1. The third-order valence-corrected chi connectivity index (χ3v) is 2.65. The van der Waals surface area contributed by atoms with E-state index in [4.69, 9.17) is 4.74 Å². The predicted molar refractivity (Wildman–Crippen MR) is 69.7 cm³/mol. The summed E-state index contributed by atoms with van der Waals surface area (Å²) in [4.78, 5) is 8.44. The van der Waals surface area contributed by atoms with Crippen LogP contribution in [-0.4, -0.2) is 33.9 Å². The van der Waals surface area contributed by atoms with E-state index in [1.165, 1.54) is 6.33 Å². The van der Waals surface area contributed by atoms with Crippen molar-refractivity contribution in [2.24, 2.45) is 0 Å². The molecule has 0 amide bonds. The average molecular weight is 247 g/mol. The first-order valence-electron chi connectivity index (χ1n) is 5.79. The molecular weight excluding hydrogens is 230 g/mol. The predicted octanol–water partition coefficient (Wildman–Crippen LogP) is 1.97. The number of hydrogen-bond acceptors (Lipinski definition) is 5. The van der Waals surface area contributed by atoms with Crippen LogP contribution < -0.4 is 10.1 Å². The fourth-order valence-corrected chi connectivity index (χ4v) is 1.84. The third kappa shape index (κ3) is 2.01. The monoisotopic (exact) mass is 247 g/mol. The van der Waals surface area contributed by atoms with Crippen LogP contribution in [0.4, 0.5) is 5.82 Å². The quantitative estimate of drug-likeness (QED) is 0.894. The molecule has 0 saturated carbocycles. The molecule has 0 fully saturated rings. The highest BCUT2D eigenvalue weighted by atomic mass is 16.5. The summed E-state index contributed by atoms with van der Waals surface area (Å²) < 4.78 is 7.30. The van der Waals surface area contributed by atoms with Crippen LogP contribution in [-0.2, 0) is 0 Å². The molecule has 0 aliphatic carbocycles. The molecule has 6 heteroatoms. The van der Waals surface area contributed by atoms with Crippen molar-refractivity contribution >= 4 is 5.82 Å². The van der Waals surface area contributed by atoms with Gasteiger partial charge in [0.25, 0.3) is 0 Å². The summed E-state index contributed by atoms with van der Waals surface area (Å²) in [7, 11) is 3.41. The Bertz CT molecular complexity index is 535. The van der Waals surface area contributed by atoms with Crippen LogP contribution in [0.25, 0.3) is 11.4 Å². The smallest absolute Gasteiger partial charge is 0.189 e. The van der Waals surface area contributed by atoms with Gasteiger partial charge in [0.1, 0.15) is 12.0 Å². The van der Waals surface area contributed by atoms with Gasteiger partial charge in [0.2, 0.25) is 0 Å². The van der Waals surface area contributed by atoms with E-state index in [0.29, 0.717) is 11.6 Å². The van der Waals surface area contributed by atoms with E-state index >= 15 is 0 Å². The third-order valence-electron chi connectivity index (χ3n) is 2.65. The van der Waals surface area contributed by atoms with Crippen LogP contribution in [0.2, 0.25) is 0 Å². The van der Waals surface area contributed by atoms with Crippen LogP contribution in [0.1, 0.15) is 19.9 Å². The standard InChI is InChI=1S/C12H17N5O/c1-8(2)17-9(5-6-16-17)10-11(18-4)12(13-3)15-7-14-10/h5-8H,1-4H3,(H,13,14,15). The number of hydrogen-bond donors (Lipinski definition) is 1. The molecule has 0 unspecified atom stereocenters. The fraction of sp³-hybridized carbons (Fsp3) is 0.417. The molecule has 2 heterocycles. The van der Waals surface area contributed by atoms with Gasteiger partial charge in [-0.05, 0) is 19.9 Å². The molecule has 0 bridgehead atoms. The second kappa shape index (κ2) is 5.03. The van der Waals surface area contributed by atoms with Crippen molar-refractivity contribution in [3.8, 4) is 17.1 Å². The second-order valence-corrected chi connectivity index (χ2v) is 4.11. The Morgan fingerprint density at radius 2 is 2.11 bits per heavy atom.